The van der Waals surface area contributed by atoms with Gasteiger partial charge in [-0.05, 0) is 45.2 Å². The lowest BCUT2D eigenvalue weighted by molar-refractivity contribution is 0.900. The summed E-state index contributed by atoms with van der Waals surface area (Å²) in [4.78, 5) is 9.12. The highest BCUT2D eigenvalue weighted by Gasteiger charge is 2.18. The van der Waals surface area contributed by atoms with E-state index < -0.39 is 0 Å². The van der Waals surface area contributed by atoms with Gasteiger partial charge >= 0.3 is 0 Å². The van der Waals surface area contributed by atoms with E-state index in [9.17, 15) is 0 Å². The molecular weight excluding hydrogens is 244 g/mol. The fourth-order valence-corrected chi connectivity index (χ4v) is 2.90. The van der Waals surface area contributed by atoms with Gasteiger partial charge in [0.1, 0.15) is 5.15 Å². The molecule has 2 aromatic rings. The highest BCUT2D eigenvalue weighted by molar-refractivity contribution is 6.30. The summed E-state index contributed by atoms with van der Waals surface area (Å²) in [5, 5.41) is 0.631. The largest absolute Gasteiger partial charge is 0.233 e. The Morgan fingerprint density at radius 3 is 2.44 bits per heavy atom. The van der Waals surface area contributed by atoms with Gasteiger partial charge in [-0.3, -0.25) is 0 Å². The van der Waals surface area contributed by atoms with Crippen molar-refractivity contribution in [2.75, 3.05) is 0 Å². The predicted octanol–water partition coefficient (Wildman–Crippen LogP) is 3.90. The molecule has 0 N–H and O–H groups in total. The van der Waals surface area contributed by atoms with E-state index in [0.29, 0.717) is 5.15 Å². The van der Waals surface area contributed by atoms with Gasteiger partial charge in [0.05, 0.1) is 0 Å². The Balaban J connectivity index is 2.15. The lowest BCUT2D eigenvalue weighted by atomic mass is 10.1. The number of halogens is 1. The molecule has 0 bridgehead atoms. The van der Waals surface area contributed by atoms with E-state index >= 15 is 0 Å². The maximum Gasteiger partial charge on any atom is 0.161 e. The van der Waals surface area contributed by atoms with E-state index in [1.165, 1.54) is 11.1 Å². The second-order valence-electron chi connectivity index (χ2n) is 4.99. The lowest BCUT2D eigenvalue weighted by Gasteiger charge is -2.07. The molecule has 0 spiro atoms. The highest BCUT2D eigenvalue weighted by atomic mass is 35.5. The fourth-order valence-electron chi connectivity index (χ4n) is 2.62. The molecule has 0 atom stereocenters. The summed E-state index contributed by atoms with van der Waals surface area (Å²) < 4.78 is 0. The quantitative estimate of drug-likeness (QED) is 0.725. The third kappa shape index (κ3) is 2.01. The zero-order valence-electron chi connectivity index (χ0n) is 10.6. The first-order valence-corrected chi connectivity index (χ1v) is 6.65. The van der Waals surface area contributed by atoms with Crippen molar-refractivity contribution in [3.8, 4) is 11.4 Å². The molecule has 1 aromatic carbocycles. The van der Waals surface area contributed by atoms with E-state index in [-0.39, 0.29) is 0 Å². The zero-order chi connectivity index (χ0) is 12.7. The molecule has 1 heterocycles. The van der Waals surface area contributed by atoms with Crippen LogP contribution >= 0.6 is 11.6 Å². The summed E-state index contributed by atoms with van der Waals surface area (Å²) >= 11 is 6.25. The highest BCUT2D eigenvalue weighted by Crippen LogP contribution is 2.29. The van der Waals surface area contributed by atoms with Crippen LogP contribution in [0.25, 0.3) is 11.4 Å². The maximum atomic E-state index is 6.25. The van der Waals surface area contributed by atoms with Crippen molar-refractivity contribution in [1.82, 2.24) is 9.97 Å². The zero-order valence-corrected chi connectivity index (χ0v) is 11.4. The molecule has 3 rings (SSSR count). The van der Waals surface area contributed by atoms with Crippen molar-refractivity contribution in [2.24, 2.45) is 0 Å². The molecule has 0 fully saturated rings. The Hall–Kier alpha value is -1.41. The van der Waals surface area contributed by atoms with Crippen LogP contribution in [0.4, 0.5) is 0 Å². The van der Waals surface area contributed by atoms with Gasteiger partial charge in [0.25, 0.3) is 0 Å². The first-order valence-electron chi connectivity index (χ1n) is 6.27. The van der Waals surface area contributed by atoms with Gasteiger partial charge in [0.2, 0.25) is 0 Å². The number of rotatable bonds is 1. The minimum absolute atomic E-state index is 0.631. The minimum atomic E-state index is 0.631. The third-order valence-electron chi connectivity index (χ3n) is 3.36. The van der Waals surface area contributed by atoms with Crippen molar-refractivity contribution >= 4 is 11.6 Å². The van der Waals surface area contributed by atoms with Crippen LogP contribution in [0.2, 0.25) is 5.15 Å². The smallest absolute Gasteiger partial charge is 0.161 e. The van der Waals surface area contributed by atoms with Crippen LogP contribution < -0.4 is 0 Å². The van der Waals surface area contributed by atoms with Crippen molar-refractivity contribution in [3.05, 3.63) is 45.7 Å². The van der Waals surface area contributed by atoms with Gasteiger partial charge < -0.3 is 0 Å². The van der Waals surface area contributed by atoms with Crippen molar-refractivity contribution in [2.45, 2.75) is 33.1 Å². The Labute approximate surface area is 112 Å². The summed E-state index contributed by atoms with van der Waals surface area (Å²) in [6, 6.07) is 6.37. The number of fused-ring (bicyclic) bond motifs is 1. The molecule has 0 saturated heterocycles. The van der Waals surface area contributed by atoms with Gasteiger partial charge in [0, 0.05) is 16.8 Å². The average Bonchev–Trinajstić information content (AvgIpc) is 2.76. The van der Waals surface area contributed by atoms with Gasteiger partial charge in [0.15, 0.2) is 5.82 Å². The van der Waals surface area contributed by atoms with Crippen LogP contribution in [0, 0.1) is 13.8 Å². The molecule has 0 saturated carbocycles. The van der Waals surface area contributed by atoms with Crippen LogP contribution in [0.1, 0.15) is 28.8 Å². The van der Waals surface area contributed by atoms with Gasteiger partial charge in [-0.1, -0.05) is 28.8 Å². The van der Waals surface area contributed by atoms with Crippen LogP contribution in [0.3, 0.4) is 0 Å². The normalized spacial score (nSPS) is 13.7. The molecule has 0 unspecified atom stereocenters. The molecule has 2 nitrogen and oxygen atoms in total. The van der Waals surface area contributed by atoms with Crippen LogP contribution in [-0.2, 0) is 12.8 Å². The van der Waals surface area contributed by atoms with Crippen LogP contribution in [0.15, 0.2) is 18.2 Å². The Bertz CT molecular complexity index is 600. The van der Waals surface area contributed by atoms with Gasteiger partial charge in [-0.25, -0.2) is 9.97 Å². The van der Waals surface area contributed by atoms with E-state index in [1.807, 2.05) is 0 Å². The third-order valence-corrected chi connectivity index (χ3v) is 3.68. The predicted molar refractivity (Wildman–Crippen MR) is 74.0 cm³/mol. The number of nitrogens with zero attached hydrogens (tertiary/aromatic N) is 2. The molecule has 1 aromatic heterocycles. The van der Waals surface area contributed by atoms with Gasteiger partial charge in [-0.2, -0.15) is 0 Å². The standard InChI is InChI=1S/C15H15ClN2/c1-9-6-10(2)8-11(7-9)15-17-13-5-3-4-12(13)14(16)18-15/h6-8H,3-5H2,1-2H3. The number of hydrogen-bond acceptors (Lipinski definition) is 2. The van der Waals surface area contributed by atoms with Crippen molar-refractivity contribution in [1.29, 1.82) is 0 Å². The minimum Gasteiger partial charge on any atom is -0.233 e. The van der Waals surface area contributed by atoms with E-state index in [2.05, 4.69) is 42.0 Å². The summed E-state index contributed by atoms with van der Waals surface area (Å²) in [6.45, 7) is 4.18. The summed E-state index contributed by atoms with van der Waals surface area (Å²) in [7, 11) is 0. The van der Waals surface area contributed by atoms with E-state index in [1.54, 1.807) is 0 Å². The molecular formula is C15H15ClN2. The maximum absolute atomic E-state index is 6.25. The molecule has 0 radical (unpaired) electrons. The Kier molecular flexibility index (Phi) is 2.83. The number of aryl methyl sites for hydroxylation is 3. The molecule has 1 aliphatic carbocycles. The molecule has 18 heavy (non-hydrogen) atoms. The average molecular weight is 259 g/mol. The SMILES string of the molecule is Cc1cc(C)cc(-c2nc(Cl)c3c(n2)CCC3)c1. The number of hydrogen-bond donors (Lipinski definition) is 0. The molecule has 1 aliphatic rings. The Morgan fingerprint density at radius 2 is 1.72 bits per heavy atom. The second-order valence-corrected chi connectivity index (χ2v) is 5.35. The molecule has 0 amide bonds. The number of benzene rings is 1. The number of aromatic nitrogens is 2. The first-order chi connectivity index (χ1) is 8.63. The summed E-state index contributed by atoms with van der Waals surface area (Å²) in [5.41, 5.74) is 5.79. The fraction of sp³-hybridized carbons (Fsp3) is 0.333. The molecule has 92 valence electrons. The van der Waals surface area contributed by atoms with Gasteiger partial charge in [-0.15, -0.1) is 0 Å². The summed E-state index contributed by atoms with van der Waals surface area (Å²) in [6.07, 6.45) is 3.18. The first kappa shape index (κ1) is 11.7. The van der Waals surface area contributed by atoms with Crippen LogP contribution in [0.5, 0.6) is 0 Å². The monoisotopic (exact) mass is 258 g/mol. The van der Waals surface area contributed by atoms with E-state index in [0.717, 1.165) is 41.9 Å². The van der Waals surface area contributed by atoms with E-state index in [4.69, 9.17) is 11.6 Å². The topological polar surface area (TPSA) is 25.8 Å². The van der Waals surface area contributed by atoms with Crippen LogP contribution in [-0.4, -0.2) is 9.97 Å². The molecule has 0 aliphatic heterocycles. The summed E-state index contributed by atoms with van der Waals surface area (Å²) in [5.74, 6) is 0.757. The molecule has 3 heteroatoms. The van der Waals surface area contributed by atoms with Crippen molar-refractivity contribution in [3.63, 3.8) is 0 Å². The Morgan fingerprint density at radius 1 is 1.00 bits per heavy atom. The lowest BCUT2D eigenvalue weighted by Crippen LogP contribution is -1.98. The second kappa shape index (κ2) is 4.36. The van der Waals surface area contributed by atoms with Crippen molar-refractivity contribution < 1.29 is 0 Å².